The molecular formula is C14H12N2O. The van der Waals surface area contributed by atoms with Crippen LogP contribution in [0.5, 0.6) is 0 Å². The highest BCUT2D eigenvalue weighted by atomic mass is 16.1. The van der Waals surface area contributed by atoms with E-state index in [1.807, 2.05) is 37.3 Å². The van der Waals surface area contributed by atoms with E-state index in [0.717, 1.165) is 28.1 Å². The van der Waals surface area contributed by atoms with Crippen LogP contribution in [-0.4, -0.2) is 10.9 Å². The number of hydrogen-bond acceptors (Lipinski definition) is 2. The van der Waals surface area contributed by atoms with Gasteiger partial charge in [-0.1, -0.05) is 12.1 Å². The topological polar surface area (TPSA) is 42.0 Å². The van der Waals surface area contributed by atoms with Gasteiger partial charge in [0.15, 0.2) is 0 Å². The normalized spacial score (nSPS) is 13.4. The van der Waals surface area contributed by atoms with Crippen LogP contribution in [0.15, 0.2) is 36.5 Å². The number of fused-ring (bicyclic) bond motifs is 1. The Bertz CT molecular complexity index is 605. The number of amides is 1. The lowest BCUT2D eigenvalue weighted by atomic mass is 10.0. The van der Waals surface area contributed by atoms with Crippen molar-refractivity contribution in [3.63, 3.8) is 0 Å². The molecule has 1 aromatic heterocycles. The molecule has 0 saturated carbocycles. The Morgan fingerprint density at radius 2 is 2.00 bits per heavy atom. The second-order valence-corrected chi connectivity index (χ2v) is 4.28. The molecule has 0 fully saturated rings. The van der Waals surface area contributed by atoms with Gasteiger partial charge >= 0.3 is 0 Å². The molecule has 3 heteroatoms. The number of nitrogens with one attached hydrogen (secondary N) is 1. The number of aryl methyl sites for hydroxylation is 1. The maximum atomic E-state index is 11.3. The first-order chi connectivity index (χ1) is 8.22. The van der Waals surface area contributed by atoms with E-state index in [4.69, 9.17) is 0 Å². The minimum atomic E-state index is 0.0723. The van der Waals surface area contributed by atoms with E-state index in [2.05, 4.69) is 10.3 Å². The first-order valence-electron chi connectivity index (χ1n) is 5.58. The number of hydrogen-bond donors (Lipinski definition) is 1. The predicted octanol–water partition coefficient (Wildman–Crippen LogP) is 2.55. The van der Waals surface area contributed by atoms with Gasteiger partial charge in [-0.25, -0.2) is 0 Å². The summed E-state index contributed by atoms with van der Waals surface area (Å²) in [5.74, 6) is 0.0723. The van der Waals surface area contributed by atoms with E-state index in [-0.39, 0.29) is 5.91 Å². The van der Waals surface area contributed by atoms with E-state index >= 15 is 0 Å². The zero-order valence-corrected chi connectivity index (χ0v) is 9.53. The van der Waals surface area contributed by atoms with Crippen LogP contribution in [0.25, 0.3) is 11.1 Å². The van der Waals surface area contributed by atoms with Crippen molar-refractivity contribution in [2.45, 2.75) is 13.3 Å². The maximum Gasteiger partial charge on any atom is 0.228 e. The molecule has 0 bridgehead atoms. The number of anilines is 1. The molecule has 84 valence electrons. The average Bonchev–Trinajstić information content (AvgIpc) is 2.68. The summed E-state index contributed by atoms with van der Waals surface area (Å²) in [6.07, 6.45) is 2.29. The fourth-order valence-corrected chi connectivity index (χ4v) is 2.12. The lowest BCUT2D eigenvalue weighted by molar-refractivity contribution is -0.115. The maximum absolute atomic E-state index is 11.3. The molecule has 0 aliphatic carbocycles. The summed E-state index contributed by atoms with van der Waals surface area (Å²) in [6.45, 7) is 1.97. The molecule has 1 N–H and O–H groups in total. The van der Waals surface area contributed by atoms with Crippen molar-refractivity contribution in [1.29, 1.82) is 0 Å². The number of pyridine rings is 1. The molecule has 0 unspecified atom stereocenters. The number of benzene rings is 1. The average molecular weight is 224 g/mol. The van der Waals surface area contributed by atoms with E-state index in [9.17, 15) is 4.79 Å². The van der Waals surface area contributed by atoms with Gasteiger partial charge in [0, 0.05) is 17.6 Å². The smallest absolute Gasteiger partial charge is 0.228 e. The molecular weight excluding hydrogens is 212 g/mol. The number of aromatic nitrogens is 1. The van der Waals surface area contributed by atoms with Crippen LogP contribution < -0.4 is 5.32 Å². The summed E-state index contributed by atoms with van der Waals surface area (Å²) in [6, 6.07) is 10.1. The lowest BCUT2D eigenvalue weighted by Gasteiger charge is -2.05. The lowest BCUT2D eigenvalue weighted by Crippen LogP contribution is -2.03. The van der Waals surface area contributed by atoms with Crippen LogP contribution in [-0.2, 0) is 11.2 Å². The Morgan fingerprint density at radius 1 is 1.18 bits per heavy atom. The Hall–Kier alpha value is -2.16. The second-order valence-electron chi connectivity index (χ2n) is 4.28. The van der Waals surface area contributed by atoms with Gasteiger partial charge in [-0.3, -0.25) is 9.78 Å². The molecule has 1 aliphatic rings. The van der Waals surface area contributed by atoms with Crippen molar-refractivity contribution in [3.8, 4) is 11.1 Å². The summed E-state index contributed by atoms with van der Waals surface area (Å²) in [5.41, 5.74) is 5.23. The van der Waals surface area contributed by atoms with Crippen LogP contribution in [0.3, 0.4) is 0 Å². The fraction of sp³-hybridized carbons (Fsp3) is 0.143. The van der Waals surface area contributed by atoms with Gasteiger partial charge in [0.25, 0.3) is 0 Å². The molecule has 2 heterocycles. The van der Waals surface area contributed by atoms with E-state index in [1.54, 1.807) is 6.20 Å². The van der Waals surface area contributed by atoms with Gasteiger partial charge < -0.3 is 5.32 Å². The second kappa shape index (κ2) is 3.70. The van der Waals surface area contributed by atoms with Crippen molar-refractivity contribution in [2.24, 2.45) is 0 Å². The zero-order chi connectivity index (χ0) is 11.8. The molecule has 1 aromatic carbocycles. The standard InChI is InChI=1S/C14H12N2O/c1-9-6-11(4-5-15-9)10-2-3-12-8-14(17)16-13(12)7-10/h2-7H,8H2,1H3,(H,16,17). The number of rotatable bonds is 1. The summed E-state index contributed by atoms with van der Waals surface area (Å²) < 4.78 is 0. The summed E-state index contributed by atoms with van der Waals surface area (Å²) in [4.78, 5) is 15.5. The Kier molecular flexibility index (Phi) is 2.18. The van der Waals surface area contributed by atoms with Crippen molar-refractivity contribution in [2.75, 3.05) is 5.32 Å². The third-order valence-corrected chi connectivity index (χ3v) is 2.96. The molecule has 1 aliphatic heterocycles. The van der Waals surface area contributed by atoms with Gasteiger partial charge in [0.2, 0.25) is 5.91 Å². The highest BCUT2D eigenvalue weighted by Gasteiger charge is 2.17. The molecule has 17 heavy (non-hydrogen) atoms. The largest absolute Gasteiger partial charge is 0.326 e. The first-order valence-corrected chi connectivity index (χ1v) is 5.58. The van der Waals surface area contributed by atoms with Crippen molar-refractivity contribution in [3.05, 3.63) is 47.8 Å². The Morgan fingerprint density at radius 3 is 2.82 bits per heavy atom. The van der Waals surface area contributed by atoms with Crippen molar-refractivity contribution in [1.82, 2.24) is 4.98 Å². The van der Waals surface area contributed by atoms with Gasteiger partial charge in [-0.15, -0.1) is 0 Å². The highest BCUT2D eigenvalue weighted by Crippen LogP contribution is 2.29. The van der Waals surface area contributed by atoms with Crippen LogP contribution in [0.2, 0.25) is 0 Å². The molecule has 2 aromatic rings. The van der Waals surface area contributed by atoms with Crippen LogP contribution in [0.1, 0.15) is 11.3 Å². The molecule has 0 radical (unpaired) electrons. The molecule has 3 nitrogen and oxygen atoms in total. The monoisotopic (exact) mass is 224 g/mol. The molecule has 1 amide bonds. The minimum Gasteiger partial charge on any atom is -0.326 e. The van der Waals surface area contributed by atoms with Gasteiger partial charge in [-0.05, 0) is 41.8 Å². The zero-order valence-electron chi connectivity index (χ0n) is 9.53. The van der Waals surface area contributed by atoms with E-state index < -0.39 is 0 Å². The number of nitrogens with zero attached hydrogens (tertiary/aromatic N) is 1. The summed E-state index contributed by atoms with van der Waals surface area (Å²) in [7, 11) is 0. The van der Waals surface area contributed by atoms with Crippen molar-refractivity contribution >= 4 is 11.6 Å². The first kappa shape index (κ1) is 10.0. The quantitative estimate of drug-likeness (QED) is 0.808. The molecule has 0 spiro atoms. The van der Waals surface area contributed by atoms with E-state index in [0.29, 0.717) is 6.42 Å². The summed E-state index contributed by atoms with van der Waals surface area (Å²) in [5, 5.41) is 2.87. The predicted molar refractivity (Wildman–Crippen MR) is 66.7 cm³/mol. The van der Waals surface area contributed by atoms with Gasteiger partial charge in [0.05, 0.1) is 6.42 Å². The Balaban J connectivity index is 2.06. The SMILES string of the molecule is Cc1cc(-c2ccc3c(c2)NC(=O)C3)ccn1. The van der Waals surface area contributed by atoms with Crippen LogP contribution in [0.4, 0.5) is 5.69 Å². The van der Waals surface area contributed by atoms with E-state index in [1.165, 1.54) is 0 Å². The Labute approximate surface area is 99.5 Å². The third kappa shape index (κ3) is 1.80. The van der Waals surface area contributed by atoms with Crippen LogP contribution >= 0.6 is 0 Å². The van der Waals surface area contributed by atoms with Crippen LogP contribution in [0, 0.1) is 6.92 Å². The summed E-state index contributed by atoms with van der Waals surface area (Å²) >= 11 is 0. The minimum absolute atomic E-state index is 0.0723. The number of carbonyl (C=O) groups is 1. The highest BCUT2D eigenvalue weighted by molar-refractivity contribution is 5.99. The van der Waals surface area contributed by atoms with Gasteiger partial charge in [-0.2, -0.15) is 0 Å². The molecule has 3 rings (SSSR count). The number of carbonyl (C=O) groups excluding carboxylic acids is 1. The van der Waals surface area contributed by atoms with Crippen molar-refractivity contribution < 1.29 is 4.79 Å². The molecule has 0 saturated heterocycles. The fourth-order valence-electron chi connectivity index (χ4n) is 2.12. The van der Waals surface area contributed by atoms with Gasteiger partial charge in [0.1, 0.15) is 0 Å². The third-order valence-electron chi connectivity index (χ3n) is 2.96. The molecule has 0 atom stereocenters.